The molecule has 0 heterocycles. The van der Waals surface area contributed by atoms with E-state index in [1.807, 2.05) is 0 Å². The second-order valence-electron chi connectivity index (χ2n) is 9.76. The second-order valence-corrected chi connectivity index (χ2v) is 9.76. The van der Waals surface area contributed by atoms with Crippen molar-refractivity contribution in [3.8, 4) is 6.07 Å². The van der Waals surface area contributed by atoms with E-state index >= 15 is 0 Å². The number of rotatable bonds is 1. The largest absolute Gasteiger partial charge is 0.388 e. The lowest BCUT2D eigenvalue weighted by molar-refractivity contribution is -0.149. The Kier molecular flexibility index (Phi) is 3.62. The molecule has 2 nitrogen and oxygen atoms in total. The Morgan fingerprint density at radius 2 is 1.74 bits per heavy atom. The standard InChI is InChI=1S/C21H33NO/c1-19-10-4-3-5-15(19)6-7-16-17(19)8-11-20(2)18(16)9-12-21(20,23)13-14-22/h15-18,23H,3-13H2,1-2H3/t15-,16+,17+,18-,19-,20+,21-/m1/s1. The summed E-state index contributed by atoms with van der Waals surface area (Å²) in [6.45, 7) is 4.92. The summed E-state index contributed by atoms with van der Waals surface area (Å²) in [5, 5.41) is 20.4. The van der Waals surface area contributed by atoms with Crippen LogP contribution in [-0.2, 0) is 0 Å². The van der Waals surface area contributed by atoms with Crippen LogP contribution < -0.4 is 0 Å². The van der Waals surface area contributed by atoms with Crippen LogP contribution in [0.15, 0.2) is 0 Å². The van der Waals surface area contributed by atoms with Gasteiger partial charge in [0.05, 0.1) is 18.1 Å². The predicted molar refractivity (Wildman–Crippen MR) is 91.5 cm³/mol. The van der Waals surface area contributed by atoms with E-state index in [4.69, 9.17) is 0 Å². The molecule has 0 amide bonds. The molecule has 4 aliphatic rings. The molecule has 0 radical (unpaired) electrons. The van der Waals surface area contributed by atoms with Crippen molar-refractivity contribution < 1.29 is 5.11 Å². The molecule has 0 aromatic carbocycles. The molecule has 4 aliphatic carbocycles. The summed E-state index contributed by atoms with van der Waals surface area (Å²) < 4.78 is 0. The Morgan fingerprint density at radius 1 is 0.957 bits per heavy atom. The lowest BCUT2D eigenvalue weighted by Crippen LogP contribution is -2.56. The lowest BCUT2D eigenvalue weighted by Gasteiger charge is -2.61. The normalized spacial score (nSPS) is 55.4. The van der Waals surface area contributed by atoms with Crippen LogP contribution in [0.2, 0.25) is 0 Å². The molecule has 0 aliphatic heterocycles. The van der Waals surface area contributed by atoms with Crippen LogP contribution in [0.1, 0.15) is 84.5 Å². The summed E-state index contributed by atoms with van der Waals surface area (Å²) in [4.78, 5) is 0. The van der Waals surface area contributed by atoms with E-state index < -0.39 is 5.60 Å². The molecule has 128 valence electrons. The number of hydrogen-bond acceptors (Lipinski definition) is 2. The Balaban J connectivity index is 1.64. The van der Waals surface area contributed by atoms with Crippen LogP contribution in [0.4, 0.5) is 0 Å². The summed E-state index contributed by atoms with van der Waals surface area (Å²) in [5.41, 5.74) is -0.165. The van der Waals surface area contributed by atoms with Gasteiger partial charge in [-0.3, -0.25) is 0 Å². The molecule has 4 rings (SSSR count). The van der Waals surface area contributed by atoms with Gasteiger partial charge in [-0.1, -0.05) is 26.7 Å². The number of nitrogens with zero attached hydrogens (tertiary/aromatic N) is 1. The number of fused-ring (bicyclic) bond motifs is 5. The van der Waals surface area contributed by atoms with Crippen molar-refractivity contribution >= 4 is 0 Å². The zero-order valence-corrected chi connectivity index (χ0v) is 15.0. The molecule has 0 spiro atoms. The molecule has 0 unspecified atom stereocenters. The van der Waals surface area contributed by atoms with Gasteiger partial charge in [0.15, 0.2) is 0 Å². The van der Waals surface area contributed by atoms with Crippen molar-refractivity contribution in [1.82, 2.24) is 0 Å². The zero-order valence-electron chi connectivity index (χ0n) is 15.0. The fourth-order valence-electron chi connectivity index (χ4n) is 7.83. The molecule has 23 heavy (non-hydrogen) atoms. The van der Waals surface area contributed by atoms with Crippen molar-refractivity contribution in [3.05, 3.63) is 0 Å². The molecule has 4 fully saturated rings. The molecular formula is C21H33NO. The van der Waals surface area contributed by atoms with E-state index in [1.165, 1.54) is 44.9 Å². The van der Waals surface area contributed by atoms with Crippen molar-refractivity contribution in [2.24, 2.45) is 34.5 Å². The third-order valence-corrected chi connectivity index (χ3v) is 9.28. The molecule has 0 saturated heterocycles. The summed E-state index contributed by atoms with van der Waals surface area (Å²) in [7, 11) is 0. The van der Waals surface area contributed by atoms with Gasteiger partial charge in [-0.25, -0.2) is 0 Å². The smallest absolute Gasteiger partial charge is 0.0833 e. The first kappa shape index (κ1) is 15.9. The van der Waals surface area contributed by atoms with Gasteiger partial charge in [0.25, 0.3) is 0 Å². The minimum Gasteiger partial charge on any atom is -0.388 e. The van der Waals surface area contributed by atoms with E-state index in [-0.39, 0.29) is 5.41 Å². The van der Waals surface area contributed by atoms with Gasteiger partial charge in [0, 0.05) is 5.41 Å². The maximum Gasteiger partial charge on any atom is 0.0833 e. The van der Waals surface area contributed by atoms with Crippen molar-refractivity contribution in [1.29, 1.82) is 5.26 Å². The number of nitriles is 1. The first-order valence-electron chi connectivity index (χ1n) is 10.0. The molecule has 2 heteroatoms. The minimum atomic E-state index is -0.721. The highest BCUT2D eigenvalue weighted by Crippen LogP contribution is 2.68. The summed E-state index contributed by atoms with van der Waals surface area (Å²) in [6.07, 6.45) is 13.3. The van der Waals surface area contributed by atoms with Crippen LogP contribution in [0, 0.1) is 45.8 Å². The van der Waals surface area contributed by atoms with Crippen LogP contribution in [0.25, 0.3) is 0 Å². The average molecular weight is 316 g/mol. The molecule has 0 aromatic heterocycles. The minimum absolute atomic E-state index is 0.0121. The van der Waals surface area contributed by atoms with E-state index in [2.05, 4.69) is 19.9 Å². The second kappa shape index (κ2) is 5.22. The molecule has 4 saturated carbocycles. The fraction of sp³-hybridized carbons (Fsp3) is 0.952. The van der Waals surface area contributed by atoms with E-state index in [0.29, 0.717) is 17.8 Å². The van der Waals surface area contributed by atoms with Crippen molar-refractivity contribution in [3.63, 3.8) is 0 Å². The highest BCUT2D eigenvalue weighted by Gasteiger charge is 2.64. The third kappa shape index (κ3) is 2.02. The highest BCUT2D eigenvalue weighted by molar-refractivity contribution is 5.15. The highest BCUT2D eigenvalue weighted by atomic mass is 16.3. The summed E-state index contributed by atoms with van der Waals surface area (Å²) in [6, 6.07) is 2.28. The predicted octanol–water partition coefficient (Wildman–Crippen LogP) is 5.06. The maximum absolute atomic E-state index is 11.2. The number of hydrogen-bond donors (Lipinski definition) is 1. The fourth-order valence-corrected chi connectivity index (χ4v) is 7.83. The van der Waals surface area contributed by atoms with Crippen LogP contribution in [0.3, 0.4) is 0 Å². The first-order chi connectivity index (χ1) is 10.9. The maximum atomic E-state index is 11.2. The lowest BCUT2D eigenvalue weighted by atomic mass is 9.44. The van der Waals surface area contributed by atoms with Gasteiger partial charge in [0.2, 0.25) is 0 Å². The monoisotopic (exact) mass is 315 g/mol. The SMILES string of the molecule is C[C@@]12CCCC[C@@H]1CC[C@@H]1[C@H]3CC[C@@](O)(CC#N)[C@@]3(C)CC[C@@H]12. The third-order valence-electron chi connectivity index (χ3n) is 9.28. The van der Waals surface area contributed by atoms with E-state index in [0.717, 1.165) is 37.0 Å². The van der Waals surface area contributed by atoms with Crippen LogP contribution >= 0.6 is 0 Å². The van der Waals surface area contributed by atoms with Crippen molar-refractivity contribution in [2.75, 3.05) is 0 Å². The van der Waals surface area contributed by atoms with Gasteiger partial charge < -0.3 is 5.11 Å². The molecule has 0 aromatic rings. The molecular weight excluding hydrogens is 282 g/mol. The number of aliphatic hydroxyl groups is 1. The van der Waals surface area contributed by atoms with Gasteiger partial charge in [-0.2, -0.15) is 5.26 Å². The Labute approximate surface area is 141 Å². The van der Waals surface area contributed by atoms with Gasteiger partial charge in [-0.15, -0.1) is 0 Å². The molecule has 0 bridgehead atoms. The van der Waals surface area contributed by atoms with Gasteiger partial charge >= 0.3 is 0 Å². The van der Waals surface area contributed by atoms with Gasteiger partial charge in [0.1, 0.15) is 0 Å². The quantitative estimate of drug-likeness (QED) is 0.734. The van der Waals surface area contributed by atoms with Crippen LogP contribution in [-0.4, -0.2) is 10.7 Å². The Bertz CT molecular complexity index is 524. The summed E-state index contributed by atoms with van der Waals surface area (Å²) in [5.74, 6) is 3.30. The summed E-state index contributed by atoms with van der Waals surface area (Å²) >= 11 is 0. The topological polar surface area (TPSA) is 44.0 Å². The van der Waals surface area contributed by atoms with Crippen LogP contribution in [0.5, 0.6) is 0 Å². The van der Waals surface area contributed by atoms with Gasteiger partial charge in [-0.05, 0) is 80.5 Å². The average Bonchev–Trinajstić information content (AvgIpc) is 2.79. The Morgan fingerprint density at radius 3 is 2.52 bits per heavy atom. The van der Waals surface area contributed by atoms with E-state index in [9.17, 15) is 10.4 Å². The van der Waals surface area contributed by atoms with Crippen molar-refractivity contribution in [2.45, 2.75) is 90.1 Å². The zero-order chi connectivity index (χ0) is 16.3. The molecule has 1 N–H and O–H groups in total. The van der Waals surface area contributed by atoms with E-state index in [1.54, 1.807) is 0 Å². The Hall–Kier alpha value is -0.550. The first-order valence-corrected chi connectivity index (χ1v) is 10.0. The molecule has 7 atom stereocenters.